The van der Waals surface area contributed by atoms with Crippen LogP contribution in [0.15, 0.2) is 0 Å². The zero-order chi connectivity index (χ0) is 21.9. The maximum absolute atomic E-state index is 11.9. The van der Waals surface area contributed by atoms with Crippen molar-refractivity contribution in [2.45, 2.75) is 124 Å². The second-order valence-electron chi connectivity index (χ2n) is 13.3. The molecule has 0 spiro atoms. The lowest BCUT2D eigenvalue weighted by Crippen LogP contribution is -2.66. The molecule has 10 atom stereocenters. The van der Waals surface area contributed by atoms with Crippen LogP contribution >= 0.6 is 0 Å². The molecule has 174 valence electrons. The van der Waals surface area contributed by atoms with E-state index in [9.17, 15) is 10.2 Å². The van der Waals surface area contributed by atoms with Gasteiger partial charge in [0, 0.05) is 6.42 Å². The van der Waals surface area contributed by atoms with E-state index in [1.165, 1.54) is 51.4 Å². The fraction of sp³-hybridized carbons (Fsp3) is 1.00. The maximum Gasteiger partial charge on any atom is 0.0753 e. The van der Waals surface area contributed by atoms with Crippen LogP contribution in [0.25, 0.3) is 0 Å². The fourth-order valence-corrected chi connectivity index (χ4v) is 9.68. The third kappa shape index (κ3) is 3.42. The molecule has 4 saturated carbocycles. The summed E-state index contributed by atoms with van der Waals surface area (Å²) in [5.41, 5.74) is -0.156. The summed E-state index contributed by atoms with van der Waals surface area (Å²) in [5.74, 6) is 5.18. The molecule has 4 aliphatic carbocycles. The van der Waals surface area contributed by atoms with Crippen molar-refractivity contribution in [2.75, 3.05) is 0 Å². The predicted octanol–water partition coefficient (Wildman–Crippen LogP) is 6.83. The molecule has 0 aromatic rings. The van der Waals surface area contributed by atoms with E-state index in [4.69, 9.17) is 0 Å². The zero-order valence-corrected chi connectivity index (χ0v) is 20.8. The predicted molar refractivity (Wildman–Crippen MR) is 125 cm³/mol. The van der Waals surface area contributed by atoms with Crippen LogP contribution in [0.4, 0.5) is 0 Å². The van der Waals surface area contributed by atoms with Crippen molar-refractivity contribution in [2.24, 2.45) is 52.3 Å². The highest BCUT2D eigenvalue weighted by molar-refractivity contribution is 5.16. The van der Waals surface area contributed by atoms with Crippen LogP contribution in [0.5, 0.6) is 0 Å². The van der Waals surface area contributed by atoms with Crippen molar-refractivity contribution in [1.29, 1.82) is 0 Å². The molecule has 2 heteroatoms. The summed E-state index contributed by atoms with van der Waals surface area (Å²) in [7, 11) is 0. The Morgan fingerprint density at radius 1 is 0.933 bits per heavy atom. The van der Waals surface area contributed by atoms with Gasteiger partial charge in [-0.25, -0.2) is 0 Å². The van der Waals surface area contributed by atoms with Crippen LogP contribution in [0.2, 0.25) is 0 Å². The van der Waals surface area contributed by atoms with Gasteiger partial charge in [-0.15, -0.1) is 0 Å². The zero-order valence-electron chi connectivity index (χ0n) is 20.8. The van der Waals surface area contributed by atoms with Gasteiger partial charge in [-0.2, -0.15) is 0 Å². The van der Waals surface area contributed by atoms with Gasteiger partial charge < -0.3 is 10.2 Å². The van der Waals surface area contributed by atoms with Crippen LogP contribution in [-0.4, -0.2) is 21.9 Å². The smallest absolute Gasteiger partial charge is 0.0753 e. The summed E-state index contributed by atoms with van der Waals surface area (Å²) in [6.45, 7) is 14.6. The third-order valence-corrected chi connectivity index (χ3v) is 11.4. The van der Waals surface area contributed by atoms with Crippen LogP contribution in [0.1, 0.15) is 112 Å². The first-order chi connectivity index (χ1) is 14.0. The molecule has 0 saturated heterocycles. The monoisotopic (exact) mass is 418 g/mol. The second-order valence-corrected chi connectivity index (χ2v) is 13.3. The van der Waals surface area contributed by atoms with Crippen molar-refractivity contribution in [3.8, 4) is 0 Å². The number of aliphatic hydroxyl groups is 2. The number of rotatable bonds is 5. The molecule has 4 fully saturated rings. The van der Waals surface area contributed by atoms with Gasteiger partial charge in [0.15, 0.2) is 0 Å². The normalized spacial score (nSPS) is 51.9. The number of hydrogen-bond acceptors (Lipinski definition) is 2. The first-order valence-electron chi connectivity index (χ1n) is 13.4. The Kier molecular flexibility index (Phi) is 6.20. The Hall–Kier alpha value is -0.0800. The highest BCUT2D eigenvalue weighted by atomic mass is 16.3. The highest BCUT2D eigenvalue weighted by Crippen LogP contribution is 2.70. The summed E-state index contributed by atoms with van der Waals surface area (Å²) < 4.78 is 0. The fourth-order valence-electron chi connectivity index (χ4n) is 9.68. The summed E-state index contributed by atoms with van der Waals surface area (Å²) in [6.07, 6.45) is 13.1. The molecule has 4 rings (SSSR count). The molecule has 4 aliphatic rings. The van der Waals surface area contributed by atoms with Crippen molar-refractivity contribution >= 4 is 0 Å². The summed E-state index contributed by atoms with van der Waals surface area (Å²) >= 11 is 0. The lowest BCUT2D eigenvalue weighted by molar-refractivity contribution is -0.244. The molecule has 2 nitrogen and oxygen atoms in total. The highest BCUT2D eigenvalue weighted by Gasteiger charge is 2.66. The Bertz CT molecular complexity index is 616. The van der Waals surface area contributed by atoms with Crippen molar-refractivity contribution in [1.82, 2.24) is 0 Å². The van der Waals surface area contributed by atoms with Gasteiger partial charge in [0.25, 0.3) is 0 Å². The average Bonchev–Trinajstić information content (AvgIpc) is 3.01. The summed E-state index contributed by atoms with van der Waals surface area (Å²) in [5, 5.41) is 22.2. The molecule has 0 amide bonds. The van der Waals surface area contributed by atoms with E-state index < -0.39 is 5.60 Å². The van der Waals surface area contributed by atoms with Crippen LogP contribution in [-0.2, 0) is 0 Å². The van der Waals surface area contributed by atoms with Crippen molar-refractivity contribution in [3.63, 3.8) is 0 Å². The second kappa shape index (κ2) is 8.05. The molecule has 0 aliphatic heterocycles. The molecule has 0 aromatic carbocycles. The molecule has 30 heavy (non-hydrogen) atoms. The minimum absolute atomic E-state index is 0.00311. The van der Waals surface area contributed by atoms with E-state index in [2.05, 4.69) is 41.5 Å². The quantitative estimate of drug-likeness (QED) is 0.513. The molecular formula is C28H50O2. The Labute approximate surface area is 186 Å². The summed E-state index contributed by atoms with van der Waals surface area (Å²) in [4.78, 5) is 0. The Morgan fingerprint density at radius 3 is 2.37 bits per heavy atom. The SMILES string of the molecule is CC(C)CCCC(C)[C@H]1CC[C@H]2[C@@H]3C[C@@H](C)[C@]4(O)C[C@@H](O)CC[C@]4(C)[C@H]3CC[C@]12C. The molecule has 1 unspecified atom stereocenters. The Balaban J connectivity index is 1.53. The van der Waals surface area contributed by atoms with E-state index in [0.29, 0.717) is 23.7 Å². The van der Waals surface area contributed by atoms with Crippen LogP contribution < -0.4 is 0 Å². The van der Waals surface area contributed by atoms with Gasteiger partial charge >= 0.3 is 0 Å². The molecule has 2 N–H and O–H groups in total. The first kappa shape index (κ1) is 23.1. The minimum Gasteiger partial charge on any atom is -0.393 e. The lowest BCUT2D eigenvalue weighted by Gasteiger charge is -2.66. The largest absolute Gasteiger partial charge is 0.393 e. The average molecular weight is 419 g/mol. The maximum atomic E-state index is 11.9. The minimum atomic E-state index is -0.665. The standard InChI is InChI=1S/C28H50O2/c1-18(2)8-7-9-19(3)23-10-11-24-22-16-20(4)28(30)17-21(29)12-15-27(28,6)25(22)13-14-26(23,24)5/h18-25,29-30H,7-17H2,1-6H3/t19?,20-,21+,22+,23-,24+,25+,26-,27-,28-/m1/s1. The first-order valence-corrected chi connectivity index (χ1v) is 13.4. The van der Waals surface area contributed by atoms with Gasteiger partial charge in [0.2, 0.25) is 0 Å². The molecule has 0 bridgehead atoms. The number of aliphatic hydroxyl groups excluding tert-OH is 1. The topological polar surface area (TPSA) is 40.5 Å². The molecule has 0 heterocycles. The van der Waals surface area contributed by atoms with Gasteiger partial charge in [0.05, 0.1) is 11.7 Å². The van der Waals surface area contributed by atoms with Crippen LogP contribution in [0.3, 0.4) is 0 Å². The van der Waals surface area contributed by atoms with E-state index in [0.717, 1.165) is 42.4 Å². The molecule has 0 aromatic heterocycles. The van der Waals surface area contributed by atoms with Gasteiger partial charge in [-0.05, 0) is 97.2 Å². The van der Waals surface area contributed by atoms with Crippen LogP contribution in [0, 0.1) is 52.3 Å². The van der Waals surface area contributed by atoms with E-state index in [1.807, 2.05) is 0 Å². The van der Waals surface area contributed by atoms with Gasteiger partial charge in [-0.1, -0.05) is 60.8 Å². The van der Waals surface area contributed by atoms with Gasteiger partial charge in [-0.3, -0.25) is 0 Å². The number of hydrogen-bond donors (Lipinski definition) is 2. The summed E-state index contributed by atoms with van der Waals surface area (Å²) in [6, 6.07) is 0. The van der Waals surface area contributed by atoms with Crippen molar-refractivity contribution in [3.05, 3.63) is 0 Å². The molecular weight excluding hydrogens is 368 g/mol. The van der Waals surface area contributed by atoms with E-state index in [1.54, 1.807) is 0 Å². The van der Waals surface area contributed by atoms with Crippen molar-refractivity contribution < 1.29 is 10.2 Å². The number of fused-ring (bicyclic) bond motifs is 5. The molecule has 0 radical (unpaired) electrons. The van der Waals surface area contributed by atoms with E-state index in [-0.39, 0.29) is 11.5 Å². The van der Waals surface area contributed by atoms with Gasteiger partial charge in [0.1, 0.15) is 0 Å². The third-order valence-electron chi connectivity index (χ3n) is 11.4. The lowest BCUT2D eigenvalue weighted by atomic mass is 9.41. The Morgan fingerprint density at radius 2 is 1.67 bits per heavy atom. The van der Waals surface area contributed by atoms with E-state index >= 15 is 0 Å².